The molecular formula is C17H27N3O2S. The number of likely N-dealkylation sites (tertiary alicyclic amines) is 1. The predicted molar refractivity (Wildman–Crippen MR) is 91.4 cm³/mol. The van der Waals surface area contributed by atoms with Crippen LogP contribution >= 0.6 is 11.3 Å². The zero-order valence-corrected chi connectivity index (χ0v) is 14.7. The number of ether oxygens (including phenoxy) is 1. The standard InChI is InChI=1S/C17H27N3O2S/c1-2-16-19-15(12-23-16)10-20-6-3-13(4-7-20)9-18-17(21)14-5-8-22-11-14/h12-14H,2-11H2,1H3,(H,18,21)/t14-/m1/s1. The van der Waals surface area contributed by atoms with Gasteiger partial charge in [0.25, 0.3) is 0 Å². The van der Waals surface area contributed by atoms with E-state index in [-0.39, 0.29) is 11.8 Å². The van der Waals surface area contributed by atoms with Crippen LogP contribution in [0.1, 0.15) is 36.9 Å². The average molecular weight is 337 g/mol. The number of amides is 1. The molecule has 0 radical (unpaired) electrons. The maximum absolute atomic E-state index is 12.0. The molecule has 23 heavy (non-hydrogen) atoms. The fraction of sp³-hybridized carbons (Fsp3) is 0.765. The Hall–Kier alpha value is -0.980. The number of nitrogens with one attached hydrogen (secondary N) is 1. The lowest BCUT2D eigenvalue weighted by Crippen LogP contribution is -2.40. The van der Waals surface area contributed by atoms with Gasteiger partial charge in [-0.1, -0.05) is 6.92 Å². The van der Waals surface area contributed by atoms with Gasteiger partial charge in [-0.3, -0.25) is 9.69 Å². The topological polar surface area (TPSA) is 54.5 Å². The molecule has 0 spiro atoms. The van der Waals surface area contributed by atoms with Gasteiger partial charge in [0.15, 0.2) is 0 Å². The van der Waals surface area contributed by atoms with Crippen molar-refractivity contribution in [1.29, 1.82) is 0 Å². The van der Waals surface area contributed by atoms with Gasteiger partial charge in [0.2, 0.25) is 5.91 Å². The molecule has 0 aromatic carbocycles. The van der Waals surface area contributed by atoms with Gasteiger partial charge in [0.1, 0.15) is 0 Å². The van der Waals surface area contributed by atoms with Gasteiger partial charge >= 0.3 is 0 Å². The third-order valence-corrected chi connectivity index (χ3v) is 5.90. The summed E-state index contributed by atoms with van der Waals surface area (Å²) in [5.74, 6) is 0.867. The SMILES string of the molecule is CCc1nc(CN2CCC(CNC(=O)[C@@H]3CCOC3)CC2)cs1. The zero-order chi connectivity index (χ0) is 16.1. The molecule has 1 aromatic heterocycles. The Kier molecular flexibility index (Phi) is 6.02. The first-order valence-corrected chi connectivity index (χ1v) is 9.63. The first kappa shape index (κ1) is 16.9. The lowest BCUT2D eigenvalue weighted by Gasteiger charge is -2.31. The van der Waals surface area contributed by atoms with Crippen molar-refractivity contribution in [2.45, 2.75) is 39.2 Å². The molecule has 2 saturated heterocycles. The number of carbonyl (C=O) groups is 1. The summed E-state index contributed by atoms with van der Waals surface area (Å²) in [6.45, 7) is 7.47. The van der Waals surface area contributed by atoms with E-state index in [4.69, 9.17) is 4.74 Å². The number of piperidine rings is 1. The Balaban J connectivity index is 1.35. The minimum absolute atomic E-state index is 0.0764. The van der Waals surface area contributed by atoms with Crippen molar-refractivity contribution in [2.75, 3.05) is 32.8 Å². The maximum atomic E-state index is 12.0. The molecule has 1 aromatic rings. The van der Waals surface area contributed by atoms with Gasteiger partial charge < -0.3 is 10.1 Å². The quantitative estimate of drug-likeness (QED) is 0.863. The minimum Gasteiger partial charge on any atom is -0.381 e. The van der Waals surface area contributed by atoms with Crippen LogP contribution in [0.4, 0.5) is 0 Å². The number of hydrogen-bond acceptors (Lipinski definition) is 5. The van der Waals surface area contributed by atoms with Crippen molar-refractivity contribution in [3.63, 3.8) is 0 Å². The van der Waals surface area contributed by atoms with Crippen LogP contribution in [0.5, 0.6) is 0 Å². The van der Waals surface area contributed by atoms with Crippen molar-refractivity contribution in [1.82, 2.24) is 15.2 Å². The fourth-order valence-electron chi connectivity index (χ4n) is 3.29. The molecule has 0 saturated carbocycles. The Morgan fingerprint density at radius 1 is 1.43 bits per heavy atom. The lowest BCUT2D eigenvalue weighted by molar-refractivity contribution is -0.125. The number of carbonyl (C=O) groups excluding carboxylic acids is 1. The van der Waals surface area contributed by atoms with E-state index in [1.165, 1.54) is 10.7 Å². The van der Waals surface area contributed by atoms with Crippen LogP contribution in [-0.4, -0.2) is 48.6 Å². The number of hydrogen-bond donors (Lipinski definition) is 1. The molecule has 0 bridgehead atoms. The van der Waals surface area contributed by atoms with E-state index in [0.29, 0.717) is 12.5 Å². The zero-order valence-electron chi connectivity index (χ0n) is 13.9. The molecule has 1 atom stereocenters. The Bertz CT molecular complexity index is 506. The summed E-state index contributed by atoms with van der Waals surface area (Å²) in [5.41, 5.74) is 1.21. The third kappa shape index (κ3) is 4.75. The van der Waals surface area contributed by atoms with E-state index < -0.39 is 0 Å². The van der Waals surface area contributed by atoms with Crippen LogP contribution in [0.2, 0.25) is 0 Å². The van der Waals surface area contributed by atoms with Crippen molar-refractivity contribution < 1.29 is 9.53 Å². The monoisotopic (exact) mass is 337 g/mol. The Morgan fingerprint density at radius 3 is 2.91 bits per heavy atom. The van der Waals surface area contributed by atoms with E-state index in [9.17, 15) is 4.79 Å². The normalized spacial score (nSPS) is 23.3. The van der Waals surface area contributed by atoms with Crippen LogP contribution in [-0.2, 0) is 22.5 Å². The number of aryl methyl sites for hydroxylation is 1. The Morgan fingerprint density at radius 2 is 2.26 bits per heavy atom. The number of rotatable bonds is 6. The van der Waals surface area contributed by atoms with Gasteiger partial charge in [0.05, 0.1) is 23.2 Å². The summed E-state index contributed by atoms with van der Waals surface area (Å²) in [5, 5.41) is 6.54. The number of thiazole rings is 1. The predicted octanol–water partition coefficient (Wildman–Crippen LogP) is 2.07. The first-order chi connectivity index (χ1) is 11.2. The molecule has 5 nitrogen and oxygen atoms in total. The number of nitrogens with zero attached hydrogens (tertiary/aromatic N) is 2. The van der Waals surface area contributed by atoms with Crippen LogP contribution in [0, 0.1) is 11.8 Å². The largest absolute Gasteiger partial charge is 0.381 e. The second-order valence-corrected chi connectivity index (χ2v) is 7.55. The molecule has 1 amide bonds. The molecule has 6 heteroatoms. The summed E-state index contributed by atoms with van der Waals surface area (Å²) in [7, 11) is 0. The second kappa shape index (κ2) is 8.22. The molecule has 3 rings (SSSR count). The van der Waals surface area contributed by atoms with E-state index in [1.807, 2.05) is 0 Å². The highest BCUT2D eigenvalue weighted by Crippen LogP contribution is 2.20. The van der Waals surface area contributed by atoms with Gasteiger partial charge in [-0.05, 0) is 44.7 Å². The van der Waals surface area contributed by atoms with Gasteiger partial charge in [0, 0.05) is 25.1 Å². The lowest BCUT2D eigenvalue weighted by atomic mass is 9.96. The van der Waals surface area contributed by atoms with Crippen LogP contribution in [0.3, 0.4) is 0 Å². The summed E-state index contributed by atoms with van der Waals surface area (Å²) < 4.78 is 5.28. The molecule has 128 valence electrons. The molecular weight excluding hydrogens is 310 g/mol. The molecule has 2 fully saturated rings. The molecule has 2 aliphatic heterocycles. The van der Waals surface area contributed by atoms with Crippen molar-refractivity contribution in [2.24, 2.45) is 11.8 Å². The van der Waals surface area contributed by atoms with Gasteiger partial charge in [-0.15, -0.1) is 11.3 Å². The first-order valence-electron chi connectivity index (χ1n) is 8.75. The van der Waals surface area contributed by atoms with Gasteiger partial charge in [-0.2, -0.15) is 0 Å². The summed E-state index contributed by atoms with van der Waals surface area (Å²) in [6, 6.07) is 0. The Labute approximate surface area is 142 Å². The smallest absolute Gasteiger partial charge is 0.225 e. The van der Waals surface area contributed by atoms with E-state index in [2.05, 4.69) is 27.5 Å². The summed E-state index contributed by atoms with van der Waals surface area (Å²) >= 11 is 1.77. The fourth-order valence-corrected chi connectivity index (χ4v) is 4.03. The molecule has 2 aliphatic rings. The van der Waals surface area contributed by atoms with Crippen LogP contribution in [0.15, 0.2) is 5.38 Å². The average Bonchev–Trinajstić information content (AvgIpc) is 3.25. The molecule has 0 aliphatic carbocycles. The highest BCUT2D eigenvalue weighted by atomic mass is 32.1. The van der Waals surface area contributed by atoms with Crippen LogP contribution < -0.4 is 5.32 Å². The second-order valence-electron chi connectivity index (χ2n) is 6.61. The van der Waals surface area contributed by atoms with E-state index in [0.717, 1.165) is 58.5 Å². The van der Waals surface area contributed by atoms with E-state index >= 15 is 0 Å². The minimum atomic E-state index is 0.0764. The van der Waals surface area contributed by atoms with Crippen molar-refractivity contribution >= 4 is 17.2 Å². The molecule has 1 N–H and O–H groups in total. The van der Waals surface area contributed by atoms with Crippen molar-refractivity contribution in [3.8, 4) is 0 Å². The van der Waals surface area contributed by atoms with E-state index in [1.54, 1.807) is 11.3 Å². The van der Waals surface area contributed by atoms with Crippen LogP contribution in [0.25, 0.3) is 0 Å². The number of aromatic nitrogens is 1. The highest BCUT2D eigenvalue weighted by Gasteiger charge is 2.25. The molecule has 3 heterocycles. The summed E-state index contributed by atoms with van der Waals surface area (Å²) in [4.78, 5) is 19.2. The maximum Gasteiger partial charge on any atom is 0.225 e. The van der Waals surface area contributed by atoms with Crippen molar-refractivity contribution in [3.05, 3.63) is 16.1 Å². The molecule has 0 unspecified atom stereocenters. The summed E-state index contributed by atoms with van der Waals surface area (Å²) in [6.07, 6.45) is 4.22. The third-order valence-electron chi connectivity index (χ3n) is 4.86. The van der Waals surface area contributed by atoms with Gasteiger partial charge in [-0.25, -0.2) is 4.98 Å². The highest BCUT2D eigenvalue weighted by molar-refractivity contribution is 7.09.